The van der Waals surface area contributed by atoms with Crippen molar-refractivity contribution in [1.29, 1.82) is 0 Å². The second-order valence-electron chi connectivity index (χ2n) is 4.95. The van der Waals surface area contributed by atoms with Crippen LogP contribution in [0.15, 0.2) is 41.8 Å². The molecule has 0 unspecified atom stereocenters. The largest absolute Gasteiger partial charge is 0.465 e. The molecule has 1 atom stereocenters. The minimum atomic E-state index is -0.634. The van der Waals surface area contributed by atoms with Gasteiger partial charge in [-0.15, -0.1) is 11.3 Å². The summed E-state index contributed by atoms with van der Waals surface area (Å²) >= 11 is 1.54. The molecule has 1 amide bonds. The molecule has 1 N–H and O–H groups in total. The van der Waals surface area contributed by atoms with Crippen molar-refractivity contribution in [3.05, 3.63) is 57.8 Å². The second-order valence-corrected chi connectivity index (χ2v) is 5.93. The summed E-state index contributed by atoms with van der Waals surface area (Å²) in [6.45, 7) is 1.49. The maximum absolute atomic E-state index is 11.9. The second kappa shape index (κ2) is 8.26. The van der Waals surface area contributed by atoms with E-state index in [2.05, 4.69) is 10.1 Å². The summed E-state index contributed by atoms with van der Waals surface area (Å²) in [6.07, 6.45) is 0. The molecule has 0 bridgehead atoms. The van der Waals surface area contributed by atoms with Gasteiger partial charge in [0.2, 0.25) is 0 Å². The Labute approximate surface area is 143 Å². The van der Waals surface area contributed by atoms with Gasteiger partial charge in [-0.05, 0) is 42.6 Å². The Balaban J connectivity index is 1.84. The average Bonchev–Trinajstić information content (AvgIpc) is 3.14. The highest BCUT2D eigenvalue weighted by atomic mass is 32.1. The van der Waals surface area contributed by atoms with Crippen LogP contribution in [0, 0.1) is 0 Å². The van der Waals surface area contributed by atoms with E-state index in [1.165, 1.54) is 42.7 Å². The molecule has 0 aliphatic carbocycles. The van der Waals surface area contributed by atoms with E-state index in [0.717, 1.165) is 4.88 Å². The van der Waals surface area contributed by atoms with E-state index in [1.807, 2.05) is 24.4 Å². The first-order chi connectivity index (χ1) is 11.5. The normalized spacial score (nSPS) is 11.4. The van der Waals surface area contributed by atoms with Gasteiger partial charge in [-0.2, -0.15) is 0 Å². The van der Waals surface area contributed by atoms with Crippen LogP contribution in [0.2, 0.25) is 0 Å². The van der Waals surface area contributed by atoms with Gasteiger partial charge in [-0.25, -0.2) is 9.59 Å². The molecule has 7 heteroatoms. The van der Waals surface area contributed by atoms with Crippen molar-refractivity contribution < 1.29 is 23.9 Å². The average molecular weight is 347 g/mol. The number of benzene rings is 1. The Morgan fingerprint density at radius 1 is 1.08 bits per heavy atom. The smallest absolute Gasteiger partial charge is 0.338 e. The quantitative estimate of drug-likeness (QED) is 0.812. The van der Waals surface area contributed by atoms with Crippen LogP contribution in [0.1, 0.15) is 38.6 Å². The van der Waals surface area contributed by atoms with Gasteiger partial charge in [0.25, 0.3) is 5.91 Å². The van der Waals surface area contributed by atoms with Crippen LogP contribution in [0.4, 0.5) is 0 Å². The minimum Gasteiger partial charge on any atom is -0.465 e. The molecule has 0 aliphatic heterocycles. The lowest BCUT2D eigenvalue weighted by molar-refractivity contribution is -0.124. The van der Waals surface area contributed by atoms with Gasteiger partial charge < -0.3 is 14.8 Å². The number of ether oxygens (including phenoxy) is 2. The molecule has 2 rings (SSSR count). The zero-order valence-electron chi connectivity index (χ0n) is 13.3. The topological polar surface area (TPSA) is 81.7 Å². The van der Waals surface area contributed by atoms with E-state index in [4.69, 9.17) is 4.74 Å². The van der Waals surface area contributed by atoms with Crippen molar-refractivity contribution in [3.63, 3.8) is 0 Å². The van der Waals surface area contributed by atoms with Gasteiger partial charge in [-0.1, -0.05) is 6.07 Å². The molecule has 126 valence electrons. The number of amides is 1. The molecule has 1 aromatic carbocycles. The van der Waals surface area contributed by atoms with Gasteiger partial charge in [0.15, 0.2) is 6.61 Å². The van der Waals surface area contributed by atoms with Gasteiger partial charge in [-0.3, -0.25) is 4.79 Å². The molecule has 6 nitrogen and oxygen atoms in total. The third-order valence-electron chi connectivity index (χ3n) is 3.22. The summed E-state index contributed by atoms with van der Waals surface area (Å²) in [6, 6.07) is 9.49. The molecular weight excluding hydrogens is 330 g/mol. The summed E-state index contributed by atoms with van der Waals surface area (Å²) in [4.78, 5) is 36.1. The number of thiophene rings is 1. The van der Waals surface area contributed by atoms with Crippen LogP contribution in [0.25, 0.3) is 0 Å². The van der Waals surface area contributed by atoms with E-state index in [0.29, 0.717) is 5.56 Å². The Kier molecular flexibility index (Phi) is 6.08. The summed E-state index contributed by atoms with van der Waals surface area (Å²) in [7, 11) is 1.28. The van der Waals surface area contributed by atoms with Crippen molar-refractivity contribution in [2.75, 3.05) is 13.7 Å². The van der Waals surface area contributed by atoms with E-state index < -0.39 is 11.9 Å². The molecule has 0 aliphatic rings. The molecule has 0 spiro atoms. The van der Waals surface area contributed by atoms with Crippen molar-refractivity contribution in [3.8, 4) is 0 Å². The fourth-order valence-corrected chi connectivity index (χ4v) is 2.70. The van der Waals surface area contributed by atoms with Crippen LogP contribution < -0.4 is 5.32 Å². The summed E-state index contributed by atoms with van der Waals surface area (Å²) in [5.74, 6) is -1.50. The van der Waals surface area contributed by atoms with Crippen molar-refractivity contribution in [2.24, 2.45) is 0 Å². The number of hydrogen-bond donors (Lipinski definition) is 1. The third kappa shape index (κ3) is 4.66. The molecule has 1 heterocycles. The summed E-state index contributed by atoms with van der Waals surface area (Å²) in [5, 5.41) is 4.68. The monoisotopic (exact) mass is 347 g/mol. The Morgan fingerprint density at radius 2 is 1.71 bits per heavy atom. The molecule has 0 fully saturated rings. The summed E-state index contributed by atoms with van der Waals surface area (Å²) < 4.78 is 9.55. The highest BCUT2D eigenvalue weighted by molar-refractivity contribution is 7.10. The molecule has 24 heavy (non-hydrogen) atoms. The van der Waals surface area contributed by atoms with Gasteiger partial charge in [0.05, 0.1) is 24.3 Å². The van der Waals surface area contributed by atoms with Crippen molar-refractivity contribution in [1.82, 2.24) is 5.32 Å². The fourth-order valence-electron chi connectivity index (χ4n) is 1.97. The van der Waals surface area contributed by atoms with Gasteiger partial charge in [0.1, 0.15) is 0 Å². The molecule has 1 aromatic heterocycles. The van der Waals surface area contributed by atoms with E-state index in [1.54, 1.807) is 0 Å². The maximum atomic E-state index is 11.9. The third-order valence-corrected chi connectivity index (χ3v) is 4.28. The Morgan fingerprint density at radius 3 is 2.25 bits per heavy atom. The van der Waals surface area contributed by atoms with Crippen LogP contribution in [-0.2, 0) is 14.3 Å². The van der Waals surface area contributed by atoms with Crippen LogP contribution in [-0.4, -0.2) is 31.6 Å². The first-order valence-corrected chi connectivity index (χ1v) is 8.07. The summed E-state index contributed by atoms with van der Waals surface area (Å²) in [5.41, 5.74) is 0.582. The number of rotatable bonds is 6. The first-order valence-electron chi connectivity index (χ1n) is 7.19. The maximum Gasteiger partial charge on any atom is 0.338 e. The first kappa shape index (κ1) is 17.7. The standard InChI is InChI=1S/C17H17NO5S/c1-11(14-4-3-9-24-14)18-15(19)10-23-17(21)13-7-5-12(6-8-13)16(20)22-2/h3-9,11H,10H2,1-2H3,(H,18,19)/t11-/m1/s1. The number of hydrogen-bond acceptors (Lipinski definition) is 6. The van der Waals surface area contributed by atoms with E-state index >= 15 is 0 Å². The molecular formula is C17H17NO5S. The van der Waals surface area contributed by atoms with Crippen molar-refractivity contribution >= 4 is 29.2 Å². The minimum absolute atomic E-state index is 0.143. The molecule has 0 saturated heterocycles. The van der Waals surface area contributed by atoms with Crippen LogP contribution >= 0.6 is 11.3 Å². The molecule has 2 aromatic rings. The fraction of sp³-hybridized carbons (Fsp3) is 0.235. The Hall–Kier alpha value is -2.67. The van der Waals surface area contributed by atoms with E-state index in [-0.39, 0.29) is 24.1 Å². The zero-order valence-corrected chi connectivity index (χ0v) is 14.1. The van der Waals surface area contributed by atoms with Crippen molar-refractivity contribution in [2.45, 2.75) is 13.0 Å². The zero-order chi connectivity index (χ0) is 17.5. The van der Waals surface area contributed by atoms with E-state index in [9.17, 15) is 14.4 Å². The molecule has 0 radical (unpaired) electrons. The number of carbonyl (C=O) groups is 3. The predicted molar refractivity (Wildman–Crippen MR) is 88.9 cm³/mol. The van der Waals surface area contributed by atoms with Gasteiger partial charge in [0, 0.05) is 4.88 Å². The Bertz CT molecular complexity index is 709. The molecule has 0 saturated carbocycles. The lowest BCUT2D eigenvalue weighted by Crippen LogP contribution is -2.30. The lowest BCUT2D eigenvalue weighted by atomic mass is 10.1. The van der Waals surface area contributed by atoms with Crippen LogP contribution in [0.5, 0.6) is 0 Å². The lowest BCUT2D eigenvalue weighted by Gasteiger charge is -2.12. The van der Waals surface area contributed by atoms with Gasteiger partial charge >= 0.3 is 11.9 Å². The SMILES string of the molecule is COC(=O)c1ccc(C(=O)OCC(=O)N[C@H](C)c2cccs2)cc1. The number of methoxy groups -OCH3 is 1. The number of esters is 2. The number of nitrogens with one attached hydrogen (secondary N) is 1. The highest BCUT2D eigenvalue weighted by Gasteiger charge is 2.14. The predicted octanol–water partition coefficient (Wildman–Crippen LogP) is 2.57. The highest BCUT2D eigenvalue weighted by Crippen LogP contribution is 2.17. The van der Waals surface area contributed by atoms with Crippen LogP contribution in [0.3, 0.4) is 0 Å². The number of carbonyl (C=O) groups excluding carboxylic acids is 3.